The molecular formula is C64H70B2N4. The van der Waals surface area contributed by atoms with Gasteiger partial charge in [-0.25, -0.2) is 0 Å². The van der Waals surface area contributed by atoms with Crippen molar-refractivity contribution in [2.24, 2.45) is 5.41 Å². The molecule has 1 aliphatic carbocycles. The molecule has 0 aromatic heterocycles. The smallest absolute Gasteiger partial charge is 0.383 e. The third-order valence-corrected chi connectivity index (χ3v) is 17.8. The number of anilines is 7. The maximum absolute atomic E-state index is 2.95. The van der Waals surface area contributed by atoms with Crippen LogP contribution in [0.5, 0.6) is 0 Å². The zero-order valence-corrected chi connectivity index (χ0v) is 44.7. The average Bonchev–Trinajstić information content (AvgIpc) is 3.83. The number of fused-ring (bicyclic) bond motifs is 22. The Kier molecular flexibility index (Phi) is 8.53. The van der Waals surface area contributed by atoms with E-state index in [4.69, 9.17) is 0 Å². The second kappa shape index (κ2) is 13.5. The third-order valence-electron chi connectivity index (χ3n) is 17.8. The highest BCUT2D eigenvalue weighted by Crippen LogP contribution is 2.71. The monoisotopic (exact) mass is 917 g/mol. The molecule has 0 saturated carbocycles. The molecule has 6 heterocycles. The van der Waals surface area contributed by atoms with E-state index in [1.165, 1.54) is 118 Å². The summed E-state index contributed by atoms with van der Waals surface area (Å²) in [7, 11) is 0. The number of rotatable bonds is 0. The summed E-state index contributed by atoms with van der Waals surface area (Å²) in [6.45, 7) is 38.6. The Labute approximate surface area is 419 Å². The molecule has 6 heteroatoms. The number of hydrogen-bond acceptors (Lipinski definition) is 4. The molecule has 352 valence electrons. The first-order valence-corrected chi connectivity index (χ1v) is 26.3. The molecule has 6 aromatic rings. The number of allylic oxidation sites excluding steroid dienone is 2. The van der Waals surface area contributed by atoms with E-state index in [-0.39, 0.29) is 52.5 Å². The molecule has 70 heavy (non-hydrogen) atoms. The van der Waals surface area contributed by atoms with Crippen LogP contribution in [0.1, 0.15) is 162 Å². The standard InChI is InChI=1S/C64H70B2N4/c1-59(2,3)37-25-29-49-43(33-37)41-21-17-19-23-47(41)65-67(49)55-53-58-56(54-57(55)69(65)51-31-27-39(61(7,8)9)35-45(51)64(54,15)16)68-50-30-26-38(60(4,5)6)34-44(50)42-22-18-20-24-48(42)66(68)70(58)52-32-28-40(62(10,11)12)36-46(52)63(53,13)14/h17-29,31-36,50H,30H2,1-16H3. The molecule has 0 spiro atoms. The van der Waals surface area contributed by atoms with E-state index in [1.807, 2.05) is 0 Å². The van der Waals surface area contributed by atoms with Crippen molar-refractivity contribution in [3.63, 3.8) is 0 Å². The second-order valence-electron chi connectivity index (χ2n) is 27.0. The molecule has 0 amide bonds. The van der Waals surface area contributed by atoms with Gasteiger partial charge in [-0.1, -0.05) is 202 Å². The van der Waals surface area contributed by atoms with Crippen molar-refractivity contribution in [3.8, 4) is 11.1 Å². The predicted octanol–water partition coefficient (Wildman–Crippen LogP) is 15.0. The minimum Gasteiger partial charge on any atom is -0.383 e. The van der Waals surface area contributed by atoms with Crippen LogP contribution in [0.25, 0.3) is 16.7 Å². The summed E-state index contributed by atoms with van der Waals surface area (Å²) in [5.74, 6) is 0. The molecule has 4 nitrogen and oxygen atoms in total. The lowest BCUT2D eigenvalue weighted by Crippen LogP contribution is -2.63. The van der Waals surface area contributed by atoms with Crippen LogP contribution in [0.2, 0.25) is 0 Å². The Hall–Kier alpha value is -5.87. The summed E-state index contributed by atoms with van der Waals surface area (Å²) in [6, 6.07) is 41.5. The van der Waals surface area contributed by atoms with E-state index in [0.29, 0.717) is 0 Å². The fourth-order valence-corrected chi connectivity index (χ4v) is 14.0. The maximum atomic E-state index is 2.95. The highest BCUT2D eigenvalue weighted by molar-refractivity contribution is 6.88. The zero-order valence-electron chi connectivity index (χ0n) is 44.7. The Morgan fingerprint density at radius 1 is 0.457 bits per heavy atom. The van der Waals surface area contributed by atoms with Crippen molar-refractivity contribution in [1.29, 1.82) is 0 Å². The van der Waals surface area contributed by atoms with Gasteiger partial charge in [0.2, 0.25) is 0 Å². The first kappa shape index (κ1) is 44.1. The molecule has 0 radical (unpaired) electrons. The second-order valence-corrected chi connectivity index (χ2v) is 27.0. The van der Waals surface area contributed by atoms with Crippen molar-refractivity contribution in [3.05, 3.63) is 165 Å². The summed E-state index contributed by atoms with van der Waals surface area (Å²) in [6.07, 6.45) is 6.12. The average molecular weight is 917 g/mol. The normalized spacial score (nSPS) is 19.5. The molecule has 1 atom stereocenters. The van der Waals surface area contributed by atoms with Crippen molar-refractivity contribution in [2.45, 2.75) is 150 Å². The van der Waals surface area contributed by atoms with Crippen molar-refractivity contribution < 1.29 is 0 Å². The van der Waals surface area contributed by atoms with Crippen LogP contribution in [0.4, 0.5) is 39.8 Å². The molecule has 1 unspecified atom stereocenters. The van der Waals surface area contributed by atoms with E-state index in [2.05, 4.69) is 245 Å². The van der Waals surface area contributed by atoms with Gasteiger partial charge >= 0.3 is 14.0 Å². The minimum atomic E-state index is -0.371. The van der Waals surface area contributed by atoms with E-state index in [1.54, 1.807) is 0 Å². The van der Waals surface area contributed by atoms with Crippen LogP contribution in [-0.2, 0) is 27.1 Å². The fraction of sp³-hybridized carbons (Fsp3) is 0.375. The van der Waals surface area contributed by atoms with Gasteiger partial charge in [0.15, 0.2) is 0 Å². The lowest BCUT2D eigenvalue weighted by molar-refractivity contribution is 0.511. The van der Waals surface area contributed by atoms with Crippen LogP contribution in [-0.4, -0.2) is 20.0 Å². The van der Waals surface area contributed by atoms with Gasteiger partial charge in [0, 0.05) is 50.6 Å². The topological polar surface area (TPSA) is 13.0 Å². The van der Waals surface area contributed by atoms with E-state index < -0.39 is 0 Å². The van der Waals surface area contributed by atoms with Gasteiger partial charge in [0.05, 0.1) is 22.7 Å². The molecule has 0 N–H and O–H groups in total. The van der Waals surface area contributed by atoms with Gasteiger partial charge in [0.1, 0.15) is 0 Å². The Balaban J connectivity index is 1.22. The highest BCUT2D eigenvalue weighted by atomic mass is 15.4. The summed E-state index contributed by atoms with van der Waals surface area (Å²) < 4.78 is 0. The molecule has 0 bridgehead atoms. The summed E-state index contributed by atoms with van der Waals surface area (Å²) in [5, 5.41) is 0. The zero-order chi connectivity index (χ0) is 49.3. The summed E-state index contributed by atoms with van der Waals surface area (Å²) in [4.78, 5) is 11.5. The van der Waals surface area contributed by atoms with Crippen LogP contribution in [0.3, 0.4) is 0 Å². The van der Waals surface area contributed by atoms with Gasteiger partial charge < -0.3 is 19.2 Å². The fourth-order valence-electron chi connectivity index (χ4n) is 14.0. The Bertz CT molecular complexity index is 3390. The number of nitrogens with zero attached hydrogens (tertiary/aromatic N) is 4. The van der Waals surface area contributed by atoms with E-state index >= 15 is 0 Å². The lowest BCUT2D eigenvalue weighted by Gasteiger charge is -2.47. The summed E-state index contributed by atoms with van der Waals surface area (Å²) >= 11 is 0. The van der Waals surface area contributed by atoms with Crippen molar-refractivity contribution >= 4 is 70.3 Å². The SMILES string of the molecule is CC(C)(C)C1=CCC2C(=C1)c1ccccc1B1N3c4ccc(C(C)(C)C)cc4C(C)(C)c4c5c6c(c(c43)N12)C(C)(C)c1cc(C(C)(C)C)ccc1N6B1c2ccccc2-c2cc(C(C)(C)C)ccc2N15. The molecule has 0 saturated heterocycles. The van der Waals surface area contributed by atoms with Gasteiger partial charge in [-0.05, 0) is 113 Å². The Morgan fingerprint density at radius 2 is 0.900 bits per heavy atom. The van der Waals surface area contributed by atoms with Gasteiger partial charge in [-0.2, -0.15) is 0 Å². The highest BCUT2D eigenvalue weighted by Gasteiger charge is 2.63. The van der Waals surface area contributed by atoms with Crippen LogP contribution in [0, 0.1) is 5.41 Å². The number of hydrogen-bond donors (Lipinski definition) is 0. The molecule has 0 fully saturated rings. The largest absolute Gasteiger partial charge is 0.421 e. The molecule has 6 aliphatic heterocycles. The maximum Gasteiger partial charge on any atom is 0.421 e. The Morgan fingerprint density at radius 3 is 1.44 bits per heavy atom. The van der Waals surface area contributed by atoms with Crippen LogP contribution >= 0.6 is 0 Å². The molecular weight excluding hydrogens is 846 g/mol. The van der Waals surface area contributed by atoms with Gasteiger partial charge in [-0.15, -0.1) is 0 Å². The minimum absolute atomic E-state index is 0.000343. The van der Waals surface area contributed by atoms with Gasteiger partial charge in [0.25, 0.3) is 0 Å². The van der Waals surface area contributed by atoms with Gasteiger partial charge in [-0.3, -0.25) is 0 Å². The predicted molar refractivity (Wildman–Crippen MR) is 302 cm³/mol. The lowest BCUT2D eigenvalue weighted by atomic mass is 9.55. The van der Waals surface area contributed by atoms with Crippen LogP contribution in [0.15, 0.2) is 121 Å². The van der Waals surface area contributed by atoms with E-state index in [0.717, 1.165) is 6.42 Å². The van der Waals surface area contributed by atoms with Crippen molar-refractivity contribution in [2.75, 3.05) is 19.2 Å². The van der Waals surface area contributed by atoms with Crippen LogP contribution < -0.4 is 30.2 Å². The summed E-state index contributed by atoms with van der Waals surface area (Å²) in [5.41, 5.74) is 28.4. The van der Waals surface area contributed by atoms with Crippen molar-refractivity contribution in [1.82, 2.24) is 0 Å². The first-order chi connectivity index (χ1) is 32.8. The molecule has 13 rings (SSSR count). The number of benzene rings is 6. The first-order valence-electron chi connectivity index (χ1n) is 26.3. The molecule has 7 aliphatic rings. The van der Waals surface area contributed by atoms with E-state index in [9.17, 15) is 0 Å². The third kappa shape index (κ3) is 5.57. The quantitative estimate of drug-likeness (QED) is 0.141. The molecule has 6 aromatic carbocycles.